The summed E-state index contributed by atoms with van der Waals surface area (Å²) in [4.78, 5) is 12.7. The van der Waals surface area contributed by atoms with Crippen molar-refractivity contribution in [3.63, 3.8) is 0 Å². The van der Waals surface area contributed by atoms with Crippen LogP contribution in [0.25, 0.3) is 0 Å². The Balaban J connectivity index is 1.59. The first-order chi connectivity index (χ1) is 29.0. The van der Waals surface area contributed by atoms with Gasteiger partial charge in [-0.25, -0.2) is 0 Å². The molecule has 2 aromatic rings. The van der Waals surface area contributed by atoms with Gasteiger partial charge in [-0.2, -0.15) is 29.8 Å². The van der Waals surface area contributed by atoms with Crippen molar-refractivity contribution in [2.45, 2.75) is 98.7 Å². The quantitative estimate of drug-likeness (QED) is 0.0546. The van der Waals surface area contributed by atoms with Crippen LogP contribution < -0.4 is 4.90 Å². The van der Waals surface area contributed by atoms with Gasteiger partial charge in [-0.15, -0.1) is 0 Å². The highest BCUT2D eigenvalue weighted by atomic mass is 35.5. The minimum absolute atomic E-state index is 0.0506. The van der Waals surface area contributed by atoms with E-state index in [-0.39, 0.29) is 29.1 Å². The lowest BCUT2D eigenvalue weighted by Crippen LogP contribution is -2.32. The molecule has 2 unspecified atom stereocenters. The number of hydrogen-bond acceptors (Lipinski definition) is 10. The Hall–Kier alpha value is -3.72. The van der Waals surface area contributed by atoms with E-state index in [2.05, 4.69) is 4.90 Å². The predicted octanol–water partition coefficient (Wildman–Crippen LogP) is 7.35. The van der Waals surface area contributed by atoms with Crippen LogP contribution in [0.4, 0.5) is 11.4 Å². The van der Waals surface area contributed by atoms with Crippen LogP contribution in [0.5, 0.6) is 0 Å². The van der Waals surface area contributed by atoms with Gasteiger partial charge in [0.15, 0.2) is 12.3 Å². The number of carboxylic acids is 1. The Kier molecular flexibility index (Phi) is 15.9. The first-order valence-electron chi connectivity index (χ1n) is 20.3. The number of carbonyl (C=O) groups is 1. The SMILES string of the molecule is COCC[N+]1=C(/C=C/C2=C(Cl)C(=C/C=C3/N(CCCCCC(=O)O)c4ccc(S(=O)(=O)O)cc4C3(C)CCOC)/CCC2)C(C)(CCCS(=O)(=O)O)c2cc(S(=O)(=O)O)ccc21. The molecule has 1 aliphatic carbocycles. The summed E-state index contributed by atoms with van der Waals surface area (Å²) in [7, 11) is -10.3. The number of aliphatic carboxylic acids is 1. The summed E-state index contributed by atoms with van der Waals surface area (Å²) in [5, 5.41) is 9.69. The molecule has 0 radical (unpaired) electrons. The van der Waals surface area contributed by atoms with Gasteiger partial charge in [-0.1, -0.05) is 30.2 Å². The smallest absolute Gasteiger partial charge is 0.303 e. The number of methoxy groups -OCH3 is 2. The largest absolute Gasteiger partial charge is 0.481 e. The predicted molar refractivity (Wildman–Crippen MR) is 237 cm³/mol. The van der Waals surface area contributed by atoms with Gasteiger partial charge in [-0.3, -0.25) is 18.5 Å². The fourth-order valence-electron chi connectivity index (χ4n) is 8.78. The van der Waals surface area contributed by atoms with E-state index in [9.17, 15) is 43.7 Å². The van der Waals surface area contributed by atoms with Crippen LogP contribution >= 0.6 is 11.6 Å². The van der Waals surface area contributed by atoms with Gasteiger partial charge in [0, 0.05) is 73.3 Å². The van der Waals surface area contributed by atoms with E-state index in [0.29, 0.717) is 92.4 Å². The molecule has 0 saturated heterocycles. The van der Waals surface area contributed by atoms with E-state index in [1.165, 1.54) is 24.3 Å². The summed E-state index contributed by atoms with van der Waals surface area (Å²) in [6, 6.07) is 8.85. The van der Waals surface area contributed by atoms with Gasteiger partial charge >= 0.3 is 5.97 Å². The summed E-state index contributed by atoms with van der Waals surface area (Å²) in [6.07, 6.45) is 12.4. The monoisotopic (exact) mass is 939 g/mol. The normalized spacial score (nSPS) is 22.1. The molecule has 4 N–H and O–H groups in total. The Labute approximate surface area is 369 Å². The zero-order chi connectivity index (χ0) is 45.7. The third kappa shape index (κ3) is 11.3. The van der Waals surface area contributed by atoms with Gasteiger partial charge in [0.2, 0.25) is 5.69 Å². The Morgan fingerprint density at radius 3 is 2.11 bits per heavy atom. The summed E-state index contributed by atoms with van der Waals surface area (Å²) in [5.41, 5.74) is 4.19. The fourth-order valence-corrected chi connectivity index (χ4v) is 10.6. The number of ether oxygens (including phenoxy) is 2. The number of carboxylic acid groups (broad SMARTS) is 1. The van der Waals surface area contributed by atoms with Gasteiger partial charge < -0.3 is 19.5 Å². The number of anilines is 1. The van der Waals surface area contributed by atoms with Crippen LogP contribution in [0.3, 0.4) is 0 Å². The number of nitrogens with zero attached hydrogens (tertiary/aromatic N) is 2. The molecule has 15 nitrogen and oxygen atoms in total. The molecule has 2 atom stereocenters. The van der Waals surface area contributed by atoms with Gasteiger partial charge in [0.1, 0.15) is 6.61 Å². The van der Waals surface area contributed by atoms with E-state index in [4.69, 9.17) is 26.2 Å². The average molecular weight is 941 g/mol. The molecular formula is C43H56ClN2O13S3+. The number of halogens is 1. The molecule has 62 heavy (non-hydrogen) atoms. The molecule has 2 aromatic carbocycles. The molecule has 0 spiro atoms. The van der Waals surface area contributed by atoms with Crippen LogP contribution in [0.1, 0.15) is 89.2 Å². The Morgan fingerprint density at radius 2 is 1.48 bits per heavy atom. The lowest BCUT2D eigenvalue weighted by atomic mass is 9.75. The number of benzene rings is 2. The van der Waals surface area contributed by atoms with Crippen molar-refractivity contribution < 1.29 is 62.9 Å². The second-order valence-electron chi connectivity index (χ2n) is 16.3. The first kappa shape index (κ1) is 49.3. The number of allylic oxidation sites excluding steroid dienone is 8. The third-order valence-corrected chi connectivity index (χ3v) is 15.0. The van der Waals surface area contributed by atoms with Crippen LogP contribution in [0.15, 0.2) is 92.4 Å². The number of unbranched alkanes of at least 4 members (excludes halogenated alkanes) is 2. The highest BCUT2D eigenvalue weighted by Crippen LogP contribution is 2.51. The zero-order valence-electron chi connectivity index (χ0n) is 35.3. The zero-order valence-corrected chi connectivity index (χ0v) is 38.5. The standard InChI is InChI=1S/C43H55ClN2O13S3/c1-42(21-9-27-60(49,50)51)34-28-32(61(52,53)54)16-18-37(34)46(24-26-59-4)38(42)19-13-30-10-8-11-31(41(30)44)14-20-39-43(2,22-25-58-3)35-29-33(62(55,56)57)15-17-36(35)45(39)23-7-5-6-12-40(47)48/h13-20,28-29H,5-12,21-27H2,1-4H3,(H3-,47,48,49,50,51,52,53,54,55,56,57)/p+1. The molecule has 0 bridgehead atoms. The second kappa shape index (κ2) is 20.0. The third-order valence-electron chi connectivity index (χ3n) is 12.0. The molecule has 3 aliphatic rings. The van der Waals surface area contributed by atoms with Gasteiger partial charge in [-0.05, 0) is 118 Å². The summed E-state index contributed by atoms with van der Waals surface area (Å²) < 4.78 is 115. The maximum Gasteiger partial charge on any atom is 0.303 e. The molecule has 0 amide bonds. The van der Waals surface area contributed by atoms with Crippen molar-refractivity contribution >= 4 is 65.0 Å². The minimum atomic E-state index is -4.58. The van der Waals surface area contributed by atoms with Crippen LogP contribution in [-0.4, -0.2) is 107 Å². The number of rotatable bonds is 21. The summed E-state index contributed by atoms with van der Waals surface area (Å²) in [6.45, 7) is 5.38. The van der Waals surface area contributed by atoms with E-state index in [0.717, 1.165) is 29.0 Å². The molecule has 2 heterocycles. The van der Waals surface area contributed by atoms with E-state index >= 15 is 0 Å². The maximum atomic E-state index is 12.3. The first-order valence-corrected chi connectivity index (χ1v) is 25.2. The molecule has 2 aliphatic heterocycles. The molecule has 0 aromatic heterocycles. The molecule has 340 valence electrons. The lowest BCUT2D eigenvalue weighted by molar-refractivity contribution is -0.441. The van der Waals surface area contributed by atoms with Crippen molar-refractivity contribution in [1.82, 2.24) is 0 Å². The summed E-state index contributed by atoms with van der Waals surface area (Å²) >= 11 is 7.22. The number of hydrogen-bond donors (Lipinski definition) is 4. The topological polar surface area (TPSA) is 225 Å². The maximum absolute atomic E-state index is 12.3. The molecule has 0 fully saturated rings. The molecule has 0 saturated carbocycles. The highest BCUT2D eigenvalue weighted by Gasteiger charge is 2.48. The van der Waals surface area contributed by atoms with Crippen LogP contribution in [-0.2, 0) is 55.5 Å². The fraction of sp³-hybridized carbons (Fsp3) is 0.488. The van der Waals surface area contributed by atoms with Crippen LogP contribution in [0, 0.1) is 0 Å². The van der Waals surface area contributed by atoms with Crippen molar-refractivity contribution in [2.75, 3.05) is 51.2 Å². The Bertz CT molecular complexity index is 2550. The Morgan fingerprint density at radius 1 is 0.823 bits per heavy atom. The molecule has 19 heteroatoms. The molecular weight excluding hydrogens is 884 g/mol. The molecule has 5 rings (SSSR count). The van der Waals surface area contributed by atoms with E-state index in [1.807, 2.05) is 42.7 Å². The van der Waals surface area contributed by atoms with Crippen molar-refractivity contribution in [2.24, 2.45) is 0 Å². The van der Waals surface area contributed by atoms with Gasteiger partial charge in [0.05, 0.1) is 21.0 Å². The number of fused-ring (bicyclic) bond motifs is 2. The van der Waals surface area contributed by atoms with E-state index < -0.39 is 52.9 Å². The van der Waals surface area contributed by atoms with Crippen molar-refractivity contribution in [3.8, 4) is 0 Å². The highest BCUT2D eigenvalue weighted by molar-refractivity contribution is 7.86. The average Bonchev–Trinajstić information content (AvgIpc) is 3.56. The van der Waals surface area contributed by atoms with Crippen LogP contribution in [0.2, 0.25) is 0 Å². The van der Waals surface area contributed by atoms with E-state index in [1.54, 1.807) is 26.4 Å². The minimum Gasteiger partial charge on any atom is -0.481 e. The van der Waals surface area contributed by atoms with Gasteiger partial charge in [0.25, 0.3) is 30.4 Å². The lowest BCUT2D eigenvalue weighted by Gasteiger charge is -2.30. The summed E-state index contributed by atoms with van der Waals surface area (Å²) in [5.74, 6) is -1.38. The van der Waals surface area contributed by atoms with Crippen molar-refractivity contribution in [3.05, 3.63) is 93.7 Å². The van der Waals surface area contributed by atoms with Crippen molar-refractivity contribution in [1.29, 1.82) is 0 Å². The second-order valence-corrected chi connectivity index (χ2v) is 21.1.